The number of carboxylic acids is 1. The number of aliphatic imine (C=N–C) groups is 1. The fraction of sp³-hybridized carbons (Fsp3) is 0.154. The van der Waals surface area contributed by atoms with Gasteiger partial charge in [0.2, 0.25) is 0 Å². The van der Waals surface area contributed by atoms with Crippen LogP contribution in [0.3, 0.4) is 0 Å². The maximum atomic E-state index is 10.7. The maximum absolute atomic E-state index is 10.7. The monoisotopic (exact) mass is 226 g/mol. The fourth-order valence-electron chi connectivity index (χ4n) is 1.35. The third-order valence-electron chi connectivity index (χ3n) is 2.18. The van der Waals surface area contributed by atoms with Crippen LogP contribution < -0.4 is 0 Å². The molecule has 2 rings (SSSR count). The zero-order valence-corrected chi connectivity index (χ0v) is 9.05. The lowest BCUT2D eigenvalue weighted by Gasteiger charge is -1.97. The number of rotatable bonds is 1. The van der Waals surface area contributed by atoms with Crippen LogP contribution in [0.4, 0.5) is 0 Å². The van der Waals surface area contributed by atoms with Crippen LogP contribution in [0, 0.1) is 11.8 Å². The normalized spacial score (nSPS) is 13.5. The molecule has 0 bridgehead atoms. The van der Waals surface area contributed by atoms with Gasteiger partial charge in [0.25, 0.3) is 0 Å². The lowest BCUT2D eigenvalue weighted by molar-refractivity contribution is 0.0696. The molecule has 0 atom stereocenters. The highest BCUT2D eigenvalue weighted by molar-refractivity contribution is 6.09. The number of carbonyl (C=O) groups is 1. The molecule has 0 saturated heterocycles. The van der Waals surface area contributed by atoms with Gasteiger partial charge < -0.3 is 5.11 Å². The van der Waals surface area contributed by atoms with Gasteiger partial charge in [-0.25, -0.2) is 9.78 Å². The Kier molecular flexibility index (Phi) is 3.31. The van der Waals surface area contributed by atoms with Gasteiger partial charge in [0.15, 0.2) is 0 Å². The first-order valence-electron chi connectivity index (χ1n) is 5.18. The summed E-state index contributed by atoms with van der Waals surface area (Å²) in [6, 6.07) is 2.88. The van der Waals surface area contributed by atoms with Gasteiger partial charge in [-0.3, -0.25) is 4.99 Å². The summed E-state index contributed by atoms with van der Waals surface area (Å²) in [6.45, 7) is 0.753. The molecule has 1 aromatic heterocycles. The second-order valence-electron chi connectivity index (χ2n) is 3.44. The van der Waals surface area contributed by atoms with Gasteiger partial charge in [-0.15, -0.1) is 0 Å². The fourth-order valence-corrected chi connectivity index (χ4v) is 1.35. The Labute approximate surface area is 98.7 Å². The van der Waals surface area contributed by atoms with E-state index in [-0.39, 0.29) is 5.56 Å². The molecule has 17 heavy (non-hydrogen) atoms. The summed E-state index contributed by atoms with van der Waals surface area (Å²) >= 11 is 0. The highest BCUT2D eigenvalue weighted by atomic mass is 16.4. The molecular weight excluding hydrogens is 216 g/mol. The predicted molar refractivity (Wildman–Crippen MR) is 64.1 cm³/mol. The van der Waals surface area contributed by atoms with Gasteiger partial charge in [-0.2, -0.15) is 0 Å². The smallest absolute Gasteiger partial charge is 0.335 e. The molecule has 4 nitrogen and oxygen atoms in total. The summed E-state index contributed by atoms with van der Waals surface area (Å²) in [5.41, 5.74) is 1.33. The van der Waals surface area contributed by atoms with E-state index in [2.05, 4.69) is 21.8 Å². The molecule has 0 saturated carbocycles. The number of carboxylic acid groups (broad SMARTS) is 1. The molecule has 84 valence electrons. The van der Waals surface area contributed by atoms with Crippen LogP contribution >= 0.6 is 0 Å². The second kappa shape index (κ2) is 5.08. The van der Waals surface area contributed by atoms with Crippen molar-refractivity contribution in [2.75, 3.05) is 6.54 Å². The first kappa shape index (κ1) is 11.1. The average molecular weight is 226 g/mol. The van der Waals surface area contributed by atoms with Crippen molar-refractivity contribution in [1.82, 2.24) is 4.98 Å². The topological polar surface area (TPSA) is 62.5 Å². The van der Waals surface area contributed by atoms with Crippen molar-refractivity contribution in [3.05, 3.63) is 41.7 Å². The van der Waals surface area contributed by atoms with Gasteiger partial charge in [-0.1, -0.05) is 6.08 Å². The minimum Gasteiger partial charge on any atom is -0.478 e. The molecule has 0 amide bonds. The van der Waals surface area contributed by atoms with Crippen LogP contribution in [0.15, 0.2) is 35.5 Å². The number of hydrogen-bond acceptors (Lipinski definition) is 3. The molecule has 0 aromatic carbocycles. The van der Waals surface area contributed by atoms with E-state index in [1.165, 1.54) is 18.3 Å². The largest absolute Gasteiger partial charge is 0.478 e. The summed E-state index contributed by atoms with van der Waals surface area (Å²) in [6.07, 6.45) is 6.25. The molecular formula is C13H10N2O2. The third-order valence-corrected chi connectivity index (χ3v) is 2.18. The van der Waals surface area contributed by atoms with Crippen LogP contribution in [-0.2, 0) is 0 Å². The van der Waals surface area contributed by atoms with E-state index in [4.69, 9.17) is 5.11 Å². The van der Waals surface area contributed by atoms with Crippen molar-refractivity contribution >= 4 is 11.7 Å². The first-order valence-corrected chi connectivity index (χ1v) is 5.18. The zero-order valence-electron chi connectivity index (χ0n) is 9.05. The highest BCUT2D eigenvalue weighted by Gasteiger charge is 2.02. The predicted octanol–water partition coefficient (Wildman–Crippen LogP) is 1.53. The van der Waals surface area contributed by atoms with Crippen LogP contribution in [0.5, 0.6) is 0 Å². The molecule has 1 aliphatic rings. The number of dihydropyridines is 1. The number of pyridine rings is 1. The van der Waals surface area contributed by atoms with E-state index >= 15 is 0 Å². The molecule has 2 heterocycles. The molecule has 1 aliphatic heterocycles. The Morgan fingerprint density at radius 2 is 2.29 bits per heavy atom. The van der Waals surface area contributed by atoms with Crippen LogP contribution in [0.1, 0.15) is 22.5 Å². The van der Waals surface area contributed by atoms with Gasteiger partial charge in [-0.05, 0) is 36.5 Å². The molecule has 4 heteroatoms. The lowest BCUT2D eigenvalue weighted by atomic mass is 10.2. The number of aromatic nitrogens is 1. The second-order valence-corrected chi connectivity index (χ2v) is 3.44. The van der Waals surface area contributed by atoms with Crippen molar-refractivity contribution in [3.63, 3.8) is 0 Å². The Hall–Kier alpha value is -2.41. The summed E-state index contributed by atoms with van der Waals surface area (Å²) < 4.78 is 0. The Balaban J connectivity index is 2.21. The zero-order chi connectivity index (χ0) is 12.1. The molecule has 0 aliphatic carbocycles. The van der Waals surface area contributed by atoms with E-state index in [0.717, 1.165) is 13.0 Å². The summed E-state index contributed by atoms with van der Waals surface area (Å²) in [4.78, 5) is 19.0. The highest BCUT2D eigenvalue weighted by Crippen LogP contribution is 2.01. The van der Waals surface area contributed by atoms with E-state index < -0.39 is 5.97 Å². The molecule has 0 spiro atoms. The number of hydrogen-bond donors (Lipinski definition) is 1. The van der Waals surface area contributed by atoms with Gasteiger partial charge in [0.1, 0.15) is 11.4 Å². The van der Waals surface area contributed by atoms with Crippen LogP contribution in [0.2, 0.25) is 0 Å². The van der Waals surface area contributed by atoms with Gasteiger partial charge in [0.05, 0.1) is 5.56 Å². The maximum Gasteiger partial charge on any atom is 0.335 e. The van der Waals surface area contributed by atoms with E-state index in [1.54, 1.807) is 0 Å². The van der Waals surface area contributed by atoms with Gasteiger partial charge in [0, 0.05) is 12.7 Å². The molecule has 0 unspecified atom stereocenters. The summed E-state index contributed by atoms with van der Waals surface area (Å²) in [7, 11) is 0. The molecule has 1 N–H and O–H groups in total. The summed E-state index contributed by atoms with van der Waals surface area (Å²) in [5.74, 6) is 4.68. The van der Waals surface area contributed by atoms with Crippen LogP contribution in [-0.4, -0.2) is 28.3 Å². The van der Waals surface area contributed by atoms with Crippen LogP contribution in [0.25, 0.3) is 0 Å². The Morgan fingerprint density at radius 3 is 3.00 bits per heavy atom. The number of allylic oxidation sites excluding steroid dienone is 1. The molecule has 1 aromatic rings. The average Bonchev–Trinajstić information content (AvgIpc) is 2.38. The van der Waals surface area contributed by atoms with Gasteiger partial charge >= 0.3 is 5.97 Å². The van der Waals surface area contributed by atoms with E-state index in [1.807, 2.05) is 12.2 Å². The minimum atomic E-state index is -0.981. The van der Waals surface area contributed by atoms with Crippen molar-refractivity contribution < 1.29 is 9.90 Å². The van der Waals surface area contributed by atoms with Crippen molar-refractivity contribution in [3.8, 4) is 11.8 Å². The van der Waals surface area contributed by atoms with E-state index in [9.17, 15) is 4.79 Å². The van der Waals surface area contributed by atoms with Crippen molar-refractivity contribution in [1.29, 1.82) is 0 Å². The molecule has 0 radical (unpaired) electrons. The quantitative estimate of drug-likeness (QED) is 0.739. The third kappa shape index (κ3) is 3.02. The first-order chi connectivity index (χ1) is 8.25. The summed E-state index contributed by atoms with van der Waals surface area (Å²) in [5, 5.41) is 8.82. The standard InChI is InChI=1S/C13H10N2O2/c16-13(17)10-6-8-15-12(9-10)5-4-11-3-1-2-7-14-11/h1,3,6,8-9H,2,7H2,(H,16,17). The van der Waals surface area contributed by atoms with E-state index in [0.29, 0.717) is 11.4 Å². The van der Waals surface area contributed by atoms with Crippen molar-refractivity contribution in [2.24, 2.45) is 4.99 Å². The SMILES string of the molecule is O=C(O)c1ccnc(C#CC2=NCCC=C2)c1. The Morgan fingerprint density at radius 1 is 1.41 bits per heavy atom. The van der Waals surface area contributed by atoms with Crippen molar-refractivity contribution in [2.45, 2.75) is 6.42 Å². The molecule has 0 fully saturated rings. The number of aromatic carboxylic acids is 1. The lowest BCUT2D eigenvalue weighted by Crippen LogP contribution is -1.99. The minimum absolute atomic E-state index is 0.186. The Bertz CT molecular complexity index is 562. The number of nitrogens with zero attached hydrogens (tertiary/aromatic N) is 2.